The van der Waals surface area contributed by atoms with Crippen LogP contribution in [0, 0.1) is 0 Å². The number of likely N-dealkylation sites (N-methyl/N-ethyl adjacent to an activating group) is 1. The molecule has 0 aromatic rings. The van der Waals surface area contributed by atoms with Crippen molar-refractivity contribution in [3.63, 3.8) is 0 Å². The second-order valence-corrected chi connectivity index (χ2v) is 4.08. The maximum atomic E-state index is 9.54. The zero-order chi connectivity index (χ0) is 8.93. The van der Waals surface area contributed by atoms with Crippen LogP contribution in [0.4, 0.5) is 0 Å². The number of aliphatic hydroxyl groups excluding tert-OH is 1. The summed E-state index contributed by atoms with van der Waals surface area (Å²) in [6.45, 7) is 0. The van der Waals surface area contributed by atoms with E-state index < -0.39 is 5.79 Å². The molecule has 2 rings (SSSR count). The van der Waals surface area contributed by atoms with E-state index in [4.69, 9.17) is 0 Å². The fraction of sp³-hybridized carbons (Fsp3) is 1.00. The quantitative estimate of drug-likeness (QED) is 0.407. The molecule has 2 aliphatic rings. The van der Waals surface area contributed by atoms with Crippen molar-refractivity contribution in [3.8, 4) is 0 Å². The lowest BCUT2D eigenvalue weighted by atomic mass is 9.97. The van der Waals surface area contributed by atoms with Crippen LogP contribution >= 0.6 is 0 Å². The smallest absolute Gasteiger partial charge is 0.165 e. The summed E-state index contributed by atoms with van der Waals surface area (Å²) in [5.74, 6) is -1.56. The molecule has 0 aliphatic carbocycles. The van der Waals surface area contributed by atoms with E-state index in [9.17, 15) is 15.3 Å². The van der Waals surface area contributed by atoms with E-state index in [2.05, 4.69) is 4.90 Å². The first kappa shape index (κ1) is 8.44. The second kappa shape index (κ2) is 2.42. The predicted octanol–water partition coefficient (Wildman–Crippen LogP) is -1.11. The van der Waals surface area contributed by atoms with Gasteiger partial charge in [-0.05, 0) is 13.5 Å². The van der Waals surface area contributed by atoms with Gasteiger partial charge in [-0.2, -0.15) is 0 Å². The van der Waals surface area contributed by atoms with Crippen molar-refractivity contribution in [2.75, 3.05) is 7.05 Å². The van der Waals surface area contributed by atoms with Gasteiger partial charge in [-0.25, -0.2) is 0 Å². The van der Waals surface area contributed by atoms with Gasteiger partial charge < -0.3 is 15.3 Å². The molecule has 0 spiro atoms. The third kappa shape index (κ3) is 1.15. The fourth-order valence-electron chi connectivity index (χ4n) is 2.45. The summed E-state index contributed by atoms with van der Waals surface area (Å²) in [6.07, 6.45) is 0.906. The number of aliphatic hydroxyl groups is 3. The highest BCUT2D eigenvalue weighted by molar-refractivity contribution is 5.01. The Morgan fingerprint density at radius 3 is 2.58 bits per heavy atom. The summed E-state index contributed by atoms with van der Waals surface area (Å²) >= 11 is 0. The lowest BCUT2D eigenvalue weighted by molar-refractivity contribution is -0.203. The van der Waals surface area contributed by atoms with Gasteiger partial charge >= 0.3 is 0 Å². The number of fused-ring (bicyclic) bond motifs is 2. The third-order valence-electron chi connectivity index (χ3n) is 3.16. The average molecular weight is 173 g/mol. The van der Waals surface area contributed by atoms with Crippen LogP contribution in [0.5, 0.6) is 0 Å². The van der Waals surface area contributed by atoms with E-state index in [1.807, 2.05) is 7.05 Å². The molecule has 2 saturated heterocycles. The normalized spacial score (nSPS) is 46.5. The molecule has 3 unspecified atom stereocenters. The van der Waals surface area contributed by atoms with E-state index in [0.29, 0.717) is 12.8 Å². The lowest BCUT2D eigenvalue weighted by Gasteiger charge is -2.38. The van der Waals surface area contributed by atoms with Crippen molar-refractivity contribution in [2.24, 2.45) is 0 Å². The summed E-state index contributed by atoms with van der Waals surface area (Å²) in [5, 5.41) is 28.4. The van der Waals surface area contributed by atoms with Crippen molar-refractivity contribution in [2.45, 2.75) is 43.2 Å². The van der Waals surface area contributed by atoms with Crippen LogP contribution in [-0.4, -0.2) is 51.2 Å². The number of rotatable bonds is 0. The average Bonchev–Trinajstić information content (AvgIpc) is 2.16. The van der Waals surface area contributed by atoms with Crippen molar-refractivity contribution in [3.05, 3.63) is 0 Å². The highest BCUT2D eigenvalue weighted by atomic mass is 16.5. The molecular formula is C8H15NO3. The standard InChI is InChI=1S/C8H15NO3/c1-9-5-2-7(10)6(9)4-8(11,12)3-5/h5-7,10-12H,2-4H2,1H3. The molecule has 3 atom stereocenters. The number of hydrogen-bond acceptors (Lipinski definition) is 4. The van der Waals surface area contributed by atoms with E-state index in [0.717, 1.165) is 0 Å². The van der Waals surface area contributed by atoms with Crippen molar-refractivity contribution in [1.29, 1.82) is 0 Å². The van der Waals surface area contributed by atoms with Gasteiger partial charge in [0.05, 0.1) is 6.10 Å². The van der Waals surface area contributed by atoms with E-state index in [1.165, 1.54) is 0 Å². The van der Waals surface area contributed by atoms with E-state index >= 15 is 0 Å². The first-order valence-corrected chi connectivity index (χ1v) is 4.34. The highest BCUT2D eigenvalue weighted by Crippen LogP contribution is 2.38. The molecule has 0 radical (unpaired) electrons. The SMILES string of the molecule is CN1C2CC(O)C1CC(O)(O)C2. The van der Waals surface area contributed by atoms with Gasteiger partial charge in [0.2, 0.25) is 0 Å². The minimum Gasteiger partial charge on any atom is -0.391 e. The Bertz CT molecular complexity index is 195. The maximum Gasteiger partial charge on any atom is 0.165 e. The minimum absolute atomic E-state index is 0.0706. The molecule has 70 valence electrons. The molecule has 4 heteroatoms. The van der Waals surface area contributed by atoms with Gasteiger partial charge in [0.25, 0.3) is 0 Å². The van der Waals surface area contributed by atoms with Crippen molar-refractivity contribution >= 4 is 0 Å². The van der Waals surface area contributed by atoms with Crippen LogP contribution < -0.4 is 0 Å². The molecule has 0 aromatic heterocycles. The largest absolute Gasteiger partial charge is 0.391 e. The van der Waals surface area contributed by atoms with Crippen LogP contribution in [-0.2, 0) is 0 Å². The maximum absolute atomic E-state index is 9.54. The molecule has 3 N–H and O–H groups in total. The fourth-order valence-corrected chi connectivity index (χ4v) is 2.45. The molecule has 2 aliphatic heterocycles. The van der Waals surface area contributed by atoms with Gasteiger partial charge in [0.15, 0.2) is 5.79 Å². The molecule has 2 bridgehead atoms. The predicted molar refractivity (Wildman–Crippen MR) is 42.4 cm³/mol. The Labute approximate surface area is 71.4 Å². The molecule has 0 saturated carbocycles. The highest BCUT2D eigenvalue weighted by Gasteiger charge is 2.49. The Balaban J connectivity index is 2.18. The number of hydrogen-bond donors (Lipinski definition) is 3. The summed E-state index contributed by atoms with van der Waals surface area (Å²) in [7, 11) is 1.93. The zero-order valence-electron chi connectivity index (χ0n) is 7.14. The van der Waals surface area contributed by atoms with Gasteiger partial charge in [-0.15, -0.1) is 0 Å². The number of nitrogens with zero attached hydrogens (tertiary/aromatic N) is 1. The van der Waals surface area contributed by atoms with Crippen LogP contribution in [0.25, 0.3) is 0 Å². The molecule has 2 heterocycles. The minimum atomic E-state index is -1.56. The van der Waals surface area contributed by atoms with E-state index in [-0.39, 0.29) is 24.6 Å². The summed E-state index contributed by atoms with van der Waals surface area (Å²) < 4.78 is 0. The van der Waals surface area contributed by atoms with Crippen LogP contribution in [0.2, 0.25) is 0 Å². The van der Waals surface area contributed by atoms with Crippen molar-refractivity contribution in [1.82, 2.24) is 4.90 Å². The Morgan fingerprint density at radius 1 is 1.33 bits per heavy atom. The van der Waals surface area contributed by atoms with Gasteiger partial charge in [-0.3, -0.25) is 4.90 Å². The van der Waals surface area contributed by atoms with E-state index in [1.54, 1.807) is 0 Å². The Kier molecular flexibility index (Phi) is 1.70. The third-order valence-corrected chi connectivity index (χ3v) is 3.16. The Morgan fingerprint density at radius 2 is 2.00 bits per heavy atom. The molecule has 12 heavy (non-hydrogen) atoms. The van der Waals surface area contributed by atoms with Gasteiger partial charge in [0, 0.05) is 24.9 Å². The van der Waals surface area contributed by atoms with Crippen molar-refractivity contribution < 1.29 is 15.3 Å². The van der Waals surface area contributed by atoms with Crippen LogP contribution in [0.15, 0.2) is 0 Å². The number of piperidine rings is 1. The lowest BCUT2D eigenvalue weighted by Crippen LogP contribution is -2.50. The molecular weight excluding hydrogens is 158 g/mol. The first-order valence-electron chi connectivity index (χ1n) is 4.34. The van der Waals surface area contributed by atoms with Gasteiger partial charge in [0.1, 0.15) is 0 Å². The summed E-state index contributed by atoms with van der Waals surface area (Å²) in [4.78, 5) is 2.05. The first-order chi connectivity index (χ1) is 5.49. The summed E-state index contributed by atoms with van der Waals surface area (Å²) in [5.41, 5.74) is 0. The zero-order valence-corrected chi connectivity index (χ0v) is 7.14. The Hall–Kier alpha value is -0.160. The molecule has 2 fully saturated rings. The van der Waals surface area contributed by atoms with Crippen LogP contribution in [0.1, 0.15) is 19.3 Å². The van der Waals surface area contributed by atoms with Gasteiger partial charge in [-0.1, -0.05) is 0 Å². The molecule has 4 nitrogen and oxygen atoms in total. The summed E-state index contributed by atoms with van der Waals surface area (Å²) in [6, 6.07) is 0.0625. The topological polar surface area (TPSA) is 63.9 Å². The monoisotopic (exact) mass is 173 g/mol. The molecule has 0 amide bonds. The molecule has 0 aromatic carbocycles. The second-order valence-electron chi connectivity index (χ2n) is 4.08. The van der Waals surface area contributed by atoms with Crippen LogP contribution in [0.3, 0.4) is 0 Å².